The number of hydrogen-bond acceptors (Lipinski definition) is 2. The van der Waals surface area contributed by atoms with Gasteiger partial charge in [0.1, 0.15) is 0 Å². The zero-order chi connectivity index (χ0) is 6.15. The fourth-order valence-electron chi connectivity index (χ4n) is 0.418. The molecule has 0 amide bonds. The number of halogens is 1. The van der Waals surface area contributed by atoms with Crippen molar-refractivity contribution in [3.8, 4) is 0 Å². The maximum Gasteiger partial charge on any atom is 0.0926 e. The second-order valence-electron chi connectivity index (χ2n) is 1.39. The Labute approximate surface area is 68.2 Å². The lowest BCUT2D eigenvalue weighted by Crippen LogP contribution is -1.91. The molecule has 0 saturated carbocycles. The molecule has 0 saturated heterocycles. The predicted octanol–water partition coefficient (Wildman–Crippen LogP) is 1.56. The molecule has 0 fully saturated rings. The van der Waals surface area contributed by atoms with Crippen LogP contribution in [0.1, 0.15) is 5.01 Å². The van der Waals surface area contributed by atoms with Crippen LogP contribution in [0.25, 0.3) is 0 Å². The van der Waals surface area contributed by atoms with E-state index in [1.165, 1.54) is 2.88 Å². The summed E-state index contributed by atoms with van der Waals surface area (Å²) in [6.07, 6.45) is 0. The van der Waals surface area contributed by atoms with Crippen molar-refractivity contribution in [1.82, 2.24) is 4.98 Å². The van der Waals surface area contributed by atoms with E-state index in [4.69, 9.17) is 0 Å². The maximum absolute atomic E-state index is 4.18. The standard InChI is InChI=1S/C4H5INPS/c1-2-6-4(7)3(5)8-2/h7H2,1H3. The summed E-state index contributed by atoms with van der Waals surface area (Å²) in [5.74, 6) is 0. The van der Waals surface area contributed by atoms with Crippen LogP contribution < -0.4 is 5.44 Å². The monoisotopic (exact) mass is 257 g/mol. The highest BCUT2D eigenvalue weighted by Gasteiger charge is 1.97. The van der Waals surface area contributed by atoms with Crippen LogP contribution in [0.5, 0.6) is 0 Å². The van der Waals surface area contributed by atoms with E-state index in [0.717, 1.165) is 10.4 Å². The highest BCUT2D eigenvalue weighted by atomic mass is 127. The number of rotatable bonds is 0. The van der Waals surface area contributed by atoms with Crippen molar-refractivity contribution in [3.63, 3.8) is 0 Å². The molecule has 1 nitrogen and oxygen atoms in total. The zero-order valence-electron chi connectivity index (χ0n) is 4.31. The minimum absolute atomic E-state index is 1.08. The Hall–Kier alpha value is 0.790. The fraction of sp³-hybridized carbons (Fsp3) is 0.250. The van der Waals surface area contributed by atoms with Crippen LogP contribution in [-0.4, -0.2) is 4.98 Å². The molecule has 0 aliphatic heterocycles. The van der Waals surface area contributed by atoms with Gasteiger partial charge in [0.2, 0.25) is 0 Å². The van der Waals surface area contributed by atoms with Gasteiger partial charge in [-0.2, -0.15) is 0 Å². The first kappa shape index (κ1) is 6.90. The minimum Gasteiger partial charge on any atom is -0.241 e. The Bertz CT molecular complexity index is 178. The quantitative estimate of drug-likeness (QED) is 0.507. The molecule has 0 spiro atoms. The van der Waals surface area contributed by atoms with Gasteiger partial charge >= 0.3 is 0 Å². The summed E-state index contributed by atoms with van der Waals surface area (Å²) in [5, 5.41) is 1.14. The van der Waals surface area contributed by atoms with E-state index < -0.39 is 0 Å². The summed E-state index contributed by atoms with van der Waals surface area (Å²) >= 11 is 4.00. The van der Waals surface area contributed by atoms with Crippen LogP contribution in [0, 0.1) is 9.81 Å². The third-order valence-electron chi connectivity index (χ3n) is 0.717. The molecule has 0 aromatic carbocycles. The summed E-state index contributed by atoms with van der Waals surface area (Å²) in [7, 11) is 2.60. The van der Waals surface area contributed by atoms with E-state index in [0.29, 0.717) is 0 Å². The van der Waals surface area contributed by atoms with Crippen LogP contribution in [-0.2, 0) is 0 Å². The van der Waals surface area contributed by atoms with Crippen molar-refractivity contribution >= 4 is 48.6 Å². The number of nitrogens with zero attached hydrogens (tertiary/aromatic N) is 1. The first-order chi connectivity index (χ1) is 3.70. The van der Waals surface area contributed by atoms with Crippen LogP contribution >= 0.6 is 43.2 Å². The second-order valence-corrected chi connectivity index (χ2v) is 4.95. The van der Waals surface area contributed by atoms with Crippen LogP contribution in [0.15, 0.2) is 0 Å². The molecule has 1 aromatic rings. The number of aryl methyl sites for hydroxylation is 1. The molecule has 8 heavy (non-hydrogen) atoms. The normalized spacial score (nSPS) is 9.88. The lowest BCUT2D eigenvalue weighted by molar-refractivity contribution is 1.34. The molecule has 1 aromatic heterocycles. The SMILES string of the molecule is Cc1nc(P)c(I)s1. The van der Waals surface area contributed by atoms with Crippen molar-refractivity contribution in [1.29, 1.82) is 0 Å². The Balaban J connectivity index is 3.14. The van der Waals surface area contributed by atoms with E-state index in [-0.39, 0.29) is 0 Å². The van der Waals surface area contributed by atoms with Gasteiger partial charge in [0, 0.05) is 0 Å². The molecule has 0 N–H and O–H groups in total. The van der Waals surface area contributed by atoms with E-state index in [2.05, 4.69) is 36.8 Å². The lowest BCUT2D eigenvalue weighted by atomic mass is 10.8. The highest BCUT2D eigenvalue weighted by Crippen LogP contribution is 2.13. The van der Waals surface area contributed by atoms with Gasteiger partial charge in [0.05, 0.1) is 13.3 Å². The Morgan fingerprint density at radius 1 is 1.75 bits per heavy atom. The van der Waals surface area contributed by atoms with Crippen LogP contribution in [0.4, 0.5) is 0 Å². The Morgan fingerprint density at radius 3 is 2.50 bits per heavy atom. The van der Waals surface area contributed by atoms with E-state index in [1.807, 2.05) is 6.92 Å². The molecule has 0 bridgehead atoms. The van der Waals surface area contributed by atoms with Gasteiger partial charge in [-0.3, -0.25) is 0 Å². The van der Waals surface area contributed by atoms with Crippen molar-refractivity contribution < 1.29 is 0 Å². The minimum atomic E-state index is 1.08. The average molecular weight is 257 g/mol. The molecular weight excluding hydrogens is 252 g/mol. The molecular formula is C4H5INPS. The summed E-state index contributed by atoms with van der Waals surface area (Å²) in [6.45, 7) is 2.01. The van der Waals surface area contributed by atoms with E-state index in [1.54, 1.807) is 11.3 Å². The molecule has 0 radical (unpaired) electrons. The lowest BCUT2D eigenvalue weighted by Gasteiger charge is -1.75. The van der Waals surface area contributed by atoms with E-state index >= 15 is 0 Å². The third-order valence-corrected chi connectivity index (χ3v) is 3.92. The molecule has 1 heterocycles. The first-order valence-electron chi connectivity index (χ1n) is 2.08. The maximum atomic E-state index is 4.18. The molecule has 1 atom stereocenters. The average Bonchev–Trinajstić information content (AvgIpc) is 1.85. The van der Waals surface area contributed by atoms with Gasteiger partial charge in [0.15, 0.2) is 0 Å². The highest BCUT2D eigenvalue weighted by molar-refractivity contribution is 14.1. The van der Waals surface area contributed by atoms with Crippen molar-refractivity contribution in [2.24, 2.45) is 0 Å². The van der Waals surface area contributed by atoms with E-state index in [9.17, 15) is 0 Å². The molecule has 1 unspecified atom stereocenters. The van der Waals surface area contributed by atoms with Gasteiger partial charge in [0.25, 0.3) is 0 Å². The van der Waals surface area contributed by atoms with Gasteiger partial charge in [-0.15, -0.1) is 11.3 Å². The fourth-order valence-corrected chi connectivity index (χ4v) is 2.51. The van der Waals surface area contributed by atoms with Crippen molar-refractivity contribution in [2.75, 3.05) is 0 Å². The molecule has 44 valence electrons. The smallest absolute Gasteiger partial charge is 0.0926 e. The van der Waals surface area contributed by atoms with Gasteiger partial charge < -0.3 is 0 Å². The molecule has 0 aliphatic carbocycles. The van der Waals surface area contributed by atoms with Gasteiger partial charge in [-0.1, -0.05) is 9.24 Å². The summed E-state index contributed by atoms with van der Waals surface area (Å²) < 4.78 is 1.27. The Morgan fingerprint density at radius 2 is 2.38 bits per heavy atom. The van der Waals surface area contributed by atoms with Gasteiger partial charge in [-0.25, -0.2) is 4.98 Å². The molecule has 0 aliphatic rings. The topological polar surface area (TPSA) is 12.9 Å². The van der Waals surface area contributed by atoms with Crippen LogP contribution in [0.2, 0.25) is 0 Å². The number of aromatic nitrogens is 1. The molecule has 1 rings (SSSR count). The molecule has 4 heteroatoms. The third kappa shape index (κ3) is 1.39. The van der Waals surface area contributed by atoms with Crippen LogP contribution in [0.3, 0.4) is 0 Å². The zero-order valence-corrected chi connectivity index (χ0v) is 8.44. The first-order valence-corrected chi connectivity index (χ1v) is 4.56. The van der Waals surface area contributed by atoms with Gasteiger partial charge in [-0.05, 0) is 29.5 Å². The second kappa shape index (κ2) is 2.58. The number of hydrogen-bond donors (Lipinski definition) is 0. The summed E-state index contributed by atoms with van der Waals surface area (Å²) in [6, 6.07) is 0. The predicted molar refractivity (Wildman–Crippen MR) is 48.9 cm³/mol. The van der Waals surface area contributed by atoms with Crippen molar-refractivity contribution in [2.45, 2.75) is 6.92 Å². The van der Waals surface area contributed by atoms with Crippen molar-refractivity contribution in [3.05, 3.63) is 7.89 Å². The summed E-state index contributed by atoms with van der Waals surface area (Å²) in [4.78, 5) is 4.18. The Kier molecular flexibility index (Phi) is 2.23. The number of thiazole rings is 1. The summed E-state index contributed by atoms with van der Waals surface area (Å²) in [5.41, 5.74) is 1.08. The largest absolute Gasteiger partial charge is 0.241 e.